The molecule has 0 aliphatic heterocycles. The van der Waals surface area contributed by atoms with E-state index in [1.807, 2.05) is 33.3 Å². The third-order valence-corrected chi connectivity index (χ3v) is 17.4. The highest BCUT2D eigenvalue weighted by Crippen LogP contribution is 2.43. The first-order chi connectivity index (χ1) is 44.4. The van der Waals surface area contributed by atoms with Gasteiger partial charge in [-0.15, -0.1) is 0 Å². The second kappa shape index (κ2) is 69.2. The van der Waals surface area contributed by atoms with Crippen LogP contribution < -0.4 is 5.32 Å². The Labute approximate surface area is 563 Å². The average Bonchev–Trinajstić information content (AvgIpc) is 3.73. The summed E-state index contributed by atoms with van der Waals surface area (Å²) in [6.07, 6.45) is 97.8. The van der Waals surface area contributed by atoms with E-state index < -0.39 is 20.0 Å². The number of phosphoric acid groups is 1. The topological polar surface area (TPSA) is 111 Å². The molecule has 0 saturated heterocycles. The Morgan fingerprint density at radius 1 is 0.396 bits per heavy atom. The summed E-state index contributed by atoms with van der Waals surface area (Å²) in [6, 6.07) is -0.862. The van der Waals surface area contributed by atoms with Gasteiger partial charge in [-0.3, -0.25) is 18.6 Å². The van der Waals surface area contributed by atoms with Crippen molar-refractivity contribution in [3.05, 3.63) is 122 Å². The molecule has 0 aromatic heterocycles. The molecule has 3 atom stereocenters. The van der Waals surface area contributed by atoms with Crippen LogP contribution in [0.3, 0.4) is 0 Å². The number of esters is 1. The number of phosphoric ester groups is 1. The number of nitrogens with one attached hydrogen (secondary N) is 1. The Bertz CT molecular complexity index is 1970. The van der Waals surface area contributed by atoms with Crippen molar-refractivity contribution in [3.63, 3.8) is 0 Å². The number of ether oxygens (including phenoxy) is 1. The van der Waals surface area contributed by atoms with Crippen molar-refractivity contribution in [1.29, 1.82) is 0 Å². The maximum absolute atomic E-state index is 13.7. The molecule has 0 heterocycles. The summed E-state index contributed by atoms with van der Waals surface area (Å²) in [4.78, 5) is 38.0. The van der Waals surface area contributed by atoms with Crippen molar-refractivity contribution in [3.8, 4) is 0 Å². The molecule has 0 spiro atoms. The predicted molar refractivity (Wildman–Crippen MR) is 396 cm³/mol. The highest BCUT2D eigenvalue weighted by molar-refractivity contribution is 7.47. The number of rotatable bonds is 68. The molecule has 3 unspecified atom stereocenters. The van der Waals surface area contributed by atoms with Crippen molar-refractivity contribution in [2.75, 3.05) is 40.9 Å². The normalized spacial score (nSPS) is 14.1. The number of nitrogens with zero attached hydrogens (tertiary/aromatic N) is 1. The van der Waals surface area contributed by atoms with E-state index in [1.54, 1.807) is 0 Å². The third kappa shape index (κ3) is 70.6. The summed E-state index contributed by atoms with van der Waals surface area (Å²) in [6.45, 7) is 6.89. The van der Waals surface area contributed by atoms with Gasteiger partial charge in [-0.05, 0) is 122 Å². The predicted octanol–water partition coefficient (Wildman–Crippen LogP) is 24.6. The van der Waals surface area contributed by atoms with E-state index in [0.717, 1.165) is 122 Å². The number of carbonyl (C=O) groups excluding carboxylic acids is 2. The van der Waals surface area contributed by atoms with Crippen LogP contribution >= 0.6 is 7.82 Å². The van der Waals surface area contributed by atoms with E-state index in [4.69, 9.17) is 13.8 Å². The van der Waals surface area contributed by atoms with Gasteiger partial charge in [-0.25, -0.2) is 4.57 Å². The summed E-state index contributed by atoms with van der Waals surface area (Å²) in [5.41, 5.74) is 0. The second-order valence-electron chi connectivity index (χ2n) is 26.4. The summed E-state index contributed by atoms with van der Waals surface area (Å²) >= 11 is 0. The molecule has 0 fully saturated rings. The van der Waals surface area contributed by atoms with Gasteiger partial charge < -0.3 is 19.4 Å². The van der Waals surface area contributed by atoms with E-state index in [1.165, 1.54) is 173 Å². The zero-order valence-corrected chi connectivity index (χ0v) is 60.9. The lowest BCUT2D eigenvalue weighted by molar-refractivity contribution is -0.870. The van der Waals surface area contributed by atoms with Crippen molar-refractivity contribution in [1.82, 2.24) is 5.32 Å². The number of likely N-dealkylation sites (N-methyl/N-ethyl adjacent to an activating group) is 1. The Kier molecular flexibility index (Phi) is 66.5. The smallest absolute Gasteiger partial charge is 0.456 e. The molecular weight excluding hydrogens is 1140 g/mol. The molecule has 0 aliphatic rings. The maximum Gasteiger partial charge on any atom is 0.472 e. The van der Waals surface area contributed by atoms with Gasteiger partial charge in [-0.1, -0.05) is 316 Å². The van der Waals surface area contributed by atoms with Crippen molar-refractivity contribution in [2.24, 2.45) is 0 Å². The van der Waals surface area contributed by atoms with E-state index in [2.05, 4.69) is 135 Å². The van der Waals surface area contributed by atoms with Gasteiger partial charge in [0, 0.05) is 12.8 Å². The maximum atomic E-state index is 13.7. The minimum atomic E-state index is -4.47. The van der Waals surface area contributed by atoms with Gasteiger partial charge in [0.15, 0.2) is 0 Å². The summed E-state index contributed by atoms with van der Waals surface area (Å²) in [5, 5.41) is 3.07. The monoisotopic (exact) mass is 1290 g/mol. The fourth-order valence-electron chi connectivity index (χ4n) is 10.6. The first-order valence-corrected chi connectivity index (χ1v) is 39.4. The van der Waals surface area contributed by atoms with Crippen molar-refractivity contribution >= 4 is 19.7 Å². The van der Waals surface area contributed by atoms with Gasteiger partial charge in [0.1, 0.15) is 19.3 Å². The van der Waals surface area contributed by atoms with Crippen LogP contribution in [0.15, 0.2) is 122 Å². The fourth-order valence-corrected chi connectivity index (χ4v) is 11.3. The number of hydrogen-bond acceptors (Lipinski definition) is 6. The van der Waals surface area contributed by atoms with E-state index >= 15 is 0 Å². The summed E-state index contributed by atoms with van der Waals surface area (Å²) in [7, 11) is 1.48. The highest BCUT2D eigenvalue weighted by Gasteiger charge is 2.30. The van der Waals surface area contributed by atoms with Gasteiger partial charge in [0.2, 0.25) is 5.91 Å². The summed E-state index contributed by atoms with van der Waals surface area (Å²) in [5.74, 6) is -0.513. The largest absolute Gasteiger partial charge is 0.472 e. The molecule has 9 nitrogen and oxygen atoms in total. The molecular formula is C81H144N2O7P+. The van der Waals surface area contributed by atoms with Crippen LogP contribution in [-0.4, -0.2) is 74.3 Å². The molecule has 0 bridgehead atoms. The molecule has 1 amide bonds. The molecule has 0 aromatic carbocycles. The Morgan fingerprint density at radius 3 is 1.08 bits per heavy atom. The van der Waals surface area contributed by atoms with Crippen LogP contribution in [-0.2, 0) is 27.9 Å². The second-order valence-corrected chi connectivity index (χ2v) is 27.9. The Balaban J connectivity index is 5.07. The van der Waals surface area contributed by atoms with Crippen LogP contribution in [0.5, 0.6) is 0 Å². The lowest BCUT2D eigenvalue weighted by Crippen LogP contribution is -2.47. The lowest BCUT2D eigenvalue weighted by Gasteiger charge is -2.27. The quantitative estimate of drug-likeness (QED) is 0.0205. The van der Waals surface area contributed by atoms with Crippen LogP contribution in [0.4, 0.5) is 0 Å². The fraction of sp³-hybridized carbons (Fsp3) is 0.728. The van der Waals surface area contributed by atoms with Gasteiger partial charge in [-0.2, -0.15) is 0 Å². The Hall–Kier alpha value is -3.59. The van der Waals surface area contributed by atoms with E-state index in [-0.39, 0.29) is 31.5 Å². The van der Waals surface area contributed by atoms with Crippen molar-refractivity contribution in [2.45, 2.75) is 341 Å². The van der Waals surface area contributed by atoms with Crippen LogP contribution in [0.2, 0.25) is 0 Å². The highest BCUT2D eigenvalue weighted by atomic mass is 31.2. The first kappa shape index (κ1) is 87.4. The molecule has 0 aliphatic carbocycles. The molecule has 0 radical (unpaired) electrons. The average molecular weight is 1290 g/mol. The lowest BCUT2D eigenvalue weighted by atomic mass is 10.0. The van der Waals surface area contributed by atoms with Crippen LogP contribution in [0.25, 0.3) is 0 Å². The van der Waals surface area contributed by atoms with Gasteiger partial charge in [0.25, 0.3) is 0 Å². The molecule has 2 N–H and O–H groups in total. The van der Waals surface area contributed by atoms with E-state index in [0.29, 0.717) is 17.4 Å². The molecule has 0 aromatic rings. The standard InChI is InChI=1S/C81H143N2O7P/c1-7-10-13-16-19-22-25-28-30-32-34-36-38-40-41-43-45-47-49-51-53-56-59-62-65-68-71-74-81(85)90-79(72-69-66-63-60-57-54-27-24-21-18-15-12-9-3)78(77-89-91(86,87)88-76-75-83(4,5)6)82-80(84)73-70-67-64-61-58-55-52-50-48-46-44-42-39-37-35-33-31-29-26-23-20-17-14-11-8-2/h10,13,19-20,22-23,28-31,34-37,40-42,44,69,72,78-79H,7-9,11-12,14-18,21,24-27,32-33,38-39,43,45-68,70-71,73-77H2,1-6H3,(H-,82,84,86,87)/p+1/b13-10-,22-19-,23-20-,30-28-,31-29-,36-34-,37-35-,41-40-,44-42-,72-69+. The number of unbranched alkanes of at least 4 members (excludes halogenated alkanes) is 34. The van der Waals surface area contributed by atoms with E-state index in [9.17, 15) is 19.0 Å². The van der Waals surface area contributed by atoms with Gasteiger partial charge >= 0.3 is 13.8 Å². The summed E-state index contributed by atoms with van der Waals surface area (Å²) < 4.78 is 30.9. The molecule has 0 rings (SSSR count). The molecule has 0 saturated carbocycles. The molecule has 524 valence electrons. The number of amides is 1. The number of carbonyl (C=O) groups is 2. The SMILES string of the molecule is CC/C=C\C/C=C\C/C=C\C/C=C\C/C=C\CCCCCCCCCCCCCC(=O)OC(/C=C/CCCCCCCCCCCCC)C(COP(=O)(O)OCC[N+](C)(C)C)NC(=O)CCCCCCCCCCC/C=C\C/C=C\C/C=C\C/C=C\CCCCC. The zero-order chi connectivity index (χ0) is 66.3. The number of quaternary nitrogens is 1. The number of allylic oxidation sites excluding steroid dienone is 19. The molecule has 91 heavy (non-hydrogen) atoms. The third-order valence-electron chi connectivity index (χ3n) is 16.4. The Morgan fingerprint density at radius 2 is 0.703 bits per heavy atom. The molecule has 10 heteroatoms. The minimum Gasteiger partial charge on any atom is -0.456 e. The first-order valence-electron chi connectivity index (χ1n) is 37.9. The van der Waals surface area contributed by atoms with Crippen LogP contribution in [0, 0.1) is 0 Å². The van der Waals surface area contributed by atoms with Crippen LogP contribution in [0.1, 0.15) is 329 Å². The van der Waals surface area contributed by atoms with Gasteiger partial charge in [0.05, 0.1) is 33.8 Å². The minimum absolute atomic E-state index is 0.0335. The number of hydrogen-bond donors (Lipinski definition) is 2. The zero-order valence-electron chi connectivity index (χ0n) is 60.1. The van der Waals surface area contributed by atoms with Crippen molar-refractivity contribution < 1.29 is 37.3 Å².